The maximum atomic E-state index is 13.3. The first-order chi connectivity index (χ1) is 17.0. The van der Waals surface area contributed by atoms with Crippen LogP contribution in [0, 0.1) is 0 Å². The summed E-state index contributed by atoms with van der Waals surface area (Å²) in [6.45, 7) is 5.42. The second kappa shape index (κ2) is 13.3. The molecule has 0 aliphatic rings. The molecule has 184 valence electrons. The molecule has 3 rings (SSSR count). The number of rotatable bonds is 11. The van der Waals surface area contributed by atoms with Crippen molar-refractivity contribution in [2.75, 3.05) is 23.4 Å². The Morgan fingerprint density at radius 3 is 2.46 bits per heavy atom. The van der Waals surface area contributed by atoms with Crippen molar-refractivity contribution in [3.05, 3.63) is 82.9 Å². The third kappa shape index (κ3) is 7.09. The van der Waals surface area contributed by atoms with E-state index in [1.807, 2.05) is 62.4 Å². The van der Waals surface area contributed by atoms with Crippen molar-refractivity contribution in [2.45, 2.75) is 33.2 Å². The number of alkyl halides is 1. The highest BCUT2D eigenvalue weighted by Gasteiger charge is 2.23. The molecule has 0 saturated heterocycles. The molecule has 0 spiro atoms. The second-order valence-electron chi connectivity index (χ2n) is 8.07. The quantitative estimate of drug-likeness (QED) is 0.262. The lowest BCUT2D eigenvalue weighted by Gasteiger charge is -2.27. The molecule has 0 bridgehead atoms. The Hall–Kier alpha value is -2.83. The van der Waals surface area contributed by atoms with E-state index in [4.69, 9.17) is 16.3 Å². The van der Waals surface area contributed by atoms with Crippen molar-refractivity contribution in [1.82, 2.24) is 5.32 Å². The fourth-order valence-corrected chi connectivity index (χ4v) is 4.17. The highest BCUT2D eigenvalue weighted by Crippen LogP contribution is 2.35. The number of amides is 2. The van der Waals surface area contributed by atoms with E-state index in [1.54, 1.807) is 23.1 Å². The van der Waals surface area contributed by atoms with Crippen molar-refractivity contribution >= 4 is 45.0 Å². The van der Waals surface area contributed by atoms with E-state index < -0.39 is 0 Å². The number of carbonyl (C=O) groups is 2. The SMILES string of the molecule is CCCNC(=O)c1ccc(-c2ccccc2)c(N(Cc2cc(Cl)ccc2OCCC)C(=O)CBr)c1. The van der Waals surface area contributed by atoms with Gasteiger partial charge in [0.2, 0.25) is 5.91 Å². The predicted octanol–water partition coefficient (Wildman–Crippen LogP) is 6.86. The summed E-state index contributed by atoms with van der Waals surface area (Å²) in [7, 11) is 0. The third-order valence-corrected chi connectivity index (χ3v) is 6.11. The number of nitrogens with zero attached hydrogens (tertiary/aromatic N) is 1. The molecule has 0 aromatic heterocycles. The molecule has 0 aliphatic heterocycles. The molecule has 7 heteroatoms. The Morgan fingerprint density at radius 1 is 1.00 bits per heavy atom. The average Bonchev–Trinajstić information content (AvgIpc) is 2.89. The van der Waals surface area contributed by atoms with Gasteiger partial charge >= 0.3 is 0 Å². The topological polar surface area (TPSA) is 58.6 Å². The highest BCUT2D eigenvalue weighted by atomic mass is 79.9. The van der Waals surface area contributed by atoms with Gasteiger partial charge in [-0.1, -0.05) is 77.8 Å². The normalized spacial score (nSPS) is 10.6. The van der Waals surface area contributed by atoms with E-state index in [-0.39, 0.29) is 23.7 Å². The summed E-state index contributed by atoms with van der Waals surface area (Å²) in [4.78, 5) is 27.7. The standard InChI is InChI=1S/C28H30BrClN2O3/c1-3-14-31-28(34)21-10-12-24(20-8-6-5-7-9-20)25(17-21)32(27(33)18-29)19-22-16-23(30)11-13-26(22)35-15-4-2/h5-13,16-17H,3-4,14-15,18-19H2,1-2H3,(H,31,34). The summed E-state index contributed by atoms with van der Waals surface area (Å²) in [5.41, 5.74) is 3.73. The summed E-state index contributed by atoms with van der Waals surface area (Å²) < 4.78 is 5.94. The van der Waals surface area contributed by atoms with E-state index in [0.29, 0.717) is 35.2 Å². The summed E-state index contributed by atoms with van der Waals surface area (Å²) in [5.74, 6) is 0.366. The molecule has 0 atom stereocenters. The molecular weight excluding hydrogens is 528 g/mol. The van der Waals surface area contributed by atoms with Crippen LogP contribution in [0.5, 0.6) is 5.75 Å². The number of hydrogen-bond donors (Lipinski definition) is 1. The van der Waals surface area contributed by atoms with Crippen molar-refractivity contribution < 1.29 is 14.3 Å². The third-order valence-electron chi connectivity index (χ3n) is 5.40. The van der Waals surface area contributed by atoms with E-state index in [0.717, 1.165) is 29.5 Å². The van der Waals surface area contributed by atoms with Crippen molar-refractivity contribution in [1.29, 1.82) is 0 Å². The number of anilines is 1. The summed E-state index contributed by atoms with van der Waals surface area (Å²) in [6, 6.07) is 20.7. The number of nitrogens with one attached hydrogen (secondary N) is 1. The van der Waals surface area contributed by atoms with Crippen LogP contribution in [-0.4, -0.2) is 30.3 Å². The first-order valence-electron chi connectivity index (χ1n) is 11.7. The van der Waals surface area contributed by atoms with Crippen LogP contribution in [0.1, 0.15) is 42.6 Å². The average molecular weight is 558 g/mol. The second-order valence-corrected chi connectivity index (χ2v) is 9.07. The zero-order valence-electron chi connectivity index (χ0n) is 20.0. The largest absolute Gasteiger partial charge is 0.493 e. The van der Waals surface area contributed by atoms with Crippen LogP contribution in [0.2, 0.25) is 5.02 Å². The van der Waals surface area contributed by atoms with Gasteiger partial charge in [-0.2, -0.15) is 0 Å². The lowest BCUT2D eigenvalue weighted by atomic mass is 9.99. The van der Waals surface area contributed by atoms with Gasteiger partial charge in [0.05, 0.1) is 24.2 Å². The summed E-state index contributed by atoms with van der Waals surface area (Å²) in [6.07, 6.45) is 1.70. The fraction of sp³-hybridized carbons (Fsp3) is 0.286. The van der Waals surface area contributed by atoms with E-state index in [1.165, 1.54) is 0 Å². The fourth-order valence-electron chi connectivity index (χ4n) is 3.67. The molecule has 0 heterocycles. The molecule has 0 aliphatic carbocycles. The molecule has 5 nitrogen and oxygen atoms in total. The van der Waals surface area contributed by atoms with Gasteiger partial charge < -0.3 is 15.0 Å². The molecule has 2 amide bonds. The highest BCUT2D eigenvalue weighted by molar-refractivity contribution is 9.09. The van der Waals surface area contributed by atoms with Gasteiger partial charge in [0, 0.05) is 28.3 Å². The van der Waals surface area contributed by atoms with Crippen LogP contribution in [0.3, 0.4) is 0 Å². The minimum atomic E-state index is -0.173. The molecule has 0 radical (unpaired) electrons. The number of halogens is 2. The Labute approximate surface area is 220 Å². The molecule has 35 heavy (non-hydrogen) atoms. The zero-order valence-corrected chi connectivity index (χ0v) is 22.4. The summed E-state index contributed by atoms with van der Waals surface area (Å²) >= 11 is 9.65. The van der Waals surface area contributed by atoms with Crippen molar-refractivity contribution in [2.24, 2.45) is 0 Å². The minimum Gasteiger partial charge on any atom is -0.493 e. The number of carbonyl (C=O) groups excluding carboxylic acids is 2. The Morgan fingerprint density at radius 2 is 1.77 bits per heavy atom. The van der Waals surface area contributed by atoms with Crippen molar-refractivity contribution in [3.8, 4) is 16.9 Å². The first-order valence-corrected chi connectivity index (χ1v) is 13.2. The van der Waals surface area contributed by atoms with Gasteiger partial charge in [0.25, 0.3) is 5.91 Å². The van der Waals surface area contributed by atoms with E-state index in [9.17, 15) is 9.59 Å². The van der Waals surface area contributed by atoms with Crippen LogP contribution in [0.15, 0.2) is 66.7 Å². The predicted molar refractivity (Wildman–Crippen MR) is 147 cm³/mol. The lowest BCUT2D eigenvalue weighted by molar-refractivity contribution is -0.116. The van der Waals surface area contributed by atoms with E-state index >= 15 is 0 Å². The molecule has 0 fully saturated rings. The molecule has 1 N–H and O–H groups in total. The molecule has 3 aromatic carbocycles. The molecule has 0 saturated carbocycles. The number of ether oxygens (including phenoxy) is 1. The van der Waals surface area contributed by atoms with Crippen molar-refractivity contribution in [3.63, 3.8) is 0 Å². The lowest BCUT2D eigenvalue weighted by Crippen LogP contribution is -2.32. The van der Waals surface area contributed by atoms with Gasteiger partial charge in [-0.05, 0) is 48.7 Å². The number of benzene rings is 3. The van der Waals surface area contributed by atoms with Gasteiger partial charge in [0.1, 0.15) is 5.75 Å². The van der Waals surface area contributed by atoms with Crippen LogP contribution < -0.4 is 15.0 Å². The molecule has 0 unspecified atom stereocenters. The van der Waals surface area contributed by atoms with Gasteiger partial charge in [-0.15, -0.1) is 0 Å². The maximum absolute atomic E-state index is 13.3. The smallest absolute Gasteiger partial charge is 0.251 e. The van der Waals surface area contributed by atoms with Gasteiger partial charge in [0.15, 0.2) is 0 Å². The maximum Gasteiger partial charge on any atom is 0.251 e. The Balaban J connectivity index is 2.13. The monoisotopic (exact) mass is 556 g/mol. The zero-order chi connectivity index (χ0) is 25.2. The van der Waals surface area contributed by atoms with Crippen LogP contribution in [-0.2, 0) is 11.3 Å². The van der Waals surface area contributed by atoms with E-state index in [2.05, 4.69) is 21.2 Å². The van der Waals surface area contributed by atoms with Crippen LogP contribution in [0.25, 0.3) is 11.1 Å². The first kappa shape index (κ1) is 26.8. The van der Waals surface area contributed by atoms with Crippen LogP contribution in [0.4, 0.5) is 5.69 Å². The van der Waals surface area contributed by atoms with Gasteiger partial charge in [-0.25, -0.2) is 0 Å². The minimum absolute atomic E-state index is 0.124. The van der Waals surface area contributed by atoms with Crippen LogP contribution >= 0.6 is 27.5 Å². The summed E-state index contributed by atoms with van der Waals surface area (Å²) in [5, 5.41) is 3.60. The Bertz CT molecular complexity index is 1150. The van der Waals surface area contributed by atoms with Gasteiger partial charge in [-0.3, -0.25) is 9.59 Å². The molecule has 3 aromatic rings. The number of hydrogen-bond acceptors (Lipinski definition) is 3. The molecular formula is C28H30BrClN2O3. The Kier molecular flexibility index (Phi) is 10.2.